The standard InChI is InChI=1S/C15H20Cl2NO2/c1-18(7-3-2-4-8-18)9-10-20-15(19)13-6-5-12(16)11-14(13)17/h5-6,11H,2-4,7-10H2,1H3/q+1. The van der Waals surface area contributed by atoms with Gasteiger partial charge in [0, 0.05) is 5.02 Å². The van der Waals surface area contributed by atoms with Crippen molar-refractivity contribution in [2.24, 2.45) is 0 Å². The average molecular weight is 317 g/mol. The minimum atomic E-state index is -0.379. The molecule has 110 valence electrons. The minimum Gasteiger partial charge on any atom is -0.456 e. The van der Waals surface area contributed by atoms with Crippen molar-refractivity contribution in [2.75, 3.05) is 33.3 Å². The summed E-state index contributed by atoms with van der Waals surface area (Å²) in [5, 5.41) is 0.846. The summed E-state index contributed by atoms with van der Waals surface area (Å²) in [7, 11) is 2.22. The smallest absolute Gasteiger partial charge is 0.339 e. The second-order valence-electron chi connectivity index (χ2n) is 5.61. The van der Waals surface area contributed by atoms with Crippen molar-refractivity contribution in [3.05, 3.63) is 33.8 Å². The third-order valence-corrected chi connectivity index (χ3v) is 4.46. The van der Waals surface area contributed by atoms with E-state index in [9.17, 15) is 4.79 Å². The van der Waals surface area contributed by atoms with Crippen molar-refractivity contribution in [1.29, 1.82) is 0 Å². The number of nitrogens with zero attached hydrogens (tertiary/aromatic N) is 1. The molecule has 0 saturated carbocycles. The van der Waals surface area contributed by atoms with Crippen LogP contribution in [0.25, 0.3) is 0 Å². The van der Waals surface area contributed by atoms with Crippen LogP contribution in [0.3, 0.4) is 0 Å². The third kappa shape index (κ3) is 4.11. The summed E-state index contributed by atoms with van der Waals surface area (Å²) < 4.78 is 6.32. The van der Waals surface area contributed by atoms with Crippen molar-refractivity contribution in [3.8, 4) is 0 Å². The molecular weight excluding hydrogens is 297 g/mol. The van der Waals surface area contributed by atoms with E-state index in [0.29, 0.717) is 22.2 Å². The Bertz CT molecular complexity index is 485. The number of halogens is 2. The molecule has 2 rings (SSSR count). The van der Waals surface area contributed by atoms with Crippen LogP contribution in [0, 0.1) is 0 Å². The maximum Gasteiger partial charge on any atom is 0.339 e. The van der Waals surface area contributed by atoms with Gasteiger partial charge in [-0.3, -0.25) is 0 Å². The van der Waals surface area contributed by atoms with E-state index >= 15 is 0 Å². The lowest BCUT2D eigenvalue weighted by molar-refractivity contribution is -0.914. The summed E-state index contributed by atoms with van der Waals surface area (Å²) in [6, 6.07) is 4.80. The Kier molecular flexibility index (Phi) is 5.30. The lowest BCUT2D eigenvalue weighted by Crippen LogP contribution is -2.49. The first kappa shape index (κ1) is 15.6. The first-order valence-electron chi connectivity index (χ1n) is 6.96. The predicted octanol–water partition coefficient (Wildman–Crippen LogP) is 3.78. The number of likely N-dealkylation sites (tertiary alicyclic amines) is 1. The largest absolute Gasteiger partial charge is 0.456 e. The summed E-state index contributed by atoms with van der Waals surface area (Å²) in [5.74, 6) is -0.379. The molecule has 3 nitrogen and oxygen atoms in total. The molecular formula is C15H20Cl2NO2+. The van der Waals surface area contributed by atoms with Crippen molar-refractivity contribution in [2.45, 2.75) is 19.3 Å². The predicted molar refractivity (Wildman–Crippen MR) is 81.4 cm³/mol. The molecule has 5 heteroatoms. The summed E-state index contributed by atoms with van der Waals surface area (Å²) in [5.41, 5.74) is 0.373. The number of hydrogen-bond acceptors (Lipinski definition) is 2. The quantitative estimate of drug-likeness (QED) is 0.624. The Labute approximate surface area is 130 Å². The normalized spacial score (nSPS) is 17.8. The van der Waals surface area contributed by atoms with E-state index in [1.54, 1.807) is 18.2 Å². The molecule has 0 radical (unpaired) electrons. The monoisotopic (exact) mass is 316 g/mol. The summed E-state index contributed by atoms with van der Waals surface area (Å²) >= 11 is 11.8. The van der Waals surface area contributed by atoms with Crippen LogP contribution >= 0.6 is 23.2 Å². The number of esters is 1. The van der Waals surface area contributed by atoms with Crippen LogP contribution in [0.2, 0.25) is 10.0 Å². The van der Waals surface area contributed by atoms with Gasteiger partial charge in [0.15, 0.2) is 0 Å². The number of rotatable bonds is 4. The van der Waals surface area contributed by atoms with E-state index in [4.69, 9.17) is 27.9 Å². The van der Waals surface area contributed by atoms with Gasteiger partial charge in [-0.25, -0.2) is 4.79 Å². The fourth-order valence-electron chi connectivity index (χ4n) is 2.59. The van der Waals surface area contributed by atoms with E-state index in [0.717, 1.165) is 11.0 Å². The Morgan fingerprint density at radius 3 is 2.60 bits per heavy atom. The summed E-state index contributed by atoms with van der Waals surface area (Å²) in [6.07, 6.45) is 3.83. The molecule has 1 fully saturated rings. The number of carbonyl (C=O) groups excluding carboxylic acids is 1. The van der Waals surface area contributed by atoms with Crippen LogP contribution in [-0.4, -0.2) is 43.7 Å². The molecule has 0 aromatic heterocycles. The topological polar surface area (TPSA) is 26.3 Å². The number of ether oxygens (including phenoxy) is 1. The highest BCUT2D eigenvalue weighted by Gasteiger charge is 2.25. The molecule has 1 aromatic rings. The zero-order valence-electron chi connectivity index (χ0n) is 11.7. The SMILES string of the molecule is C[N+]1(CCOC(=O)c2ccc(Cl)cc2Cl)CCCCC1. The van der Waals surface area contributed by atoms with E-state index in [1.165, 1.54) is 32.4 Å². The molecule has 20 heavy (non-hydrogen) atoms. The molecule has 0 bridgehead atoms. The lowest BCUT2D eigenvalue weighted by atomic mass is 10.1. The second-order valence-corrected chi connectivity index (χ2v) is 6.45. The molecule has 1 heterocycles. The Morgan fingerprint density at radius 1 is 1.25 bits per heavy atom. The third-order valence-electron chi connectivity index (χ3n) is 3.91. The van der Waals surface area contributed by atoms with E-state index in [2.05, 4.69) is 7.05 Å². The minimum absolute atomic E-state index is 0.334. The van der Waals surface area contributed by atoms with E-state index in [1.807, 2.05) is 0 Å². The maximum absolute atomic E-state index is 12.0. The number of piperidine rings is 1. The zero-order chi connectivity index (χ0) is 14.6. The highest BCUT2D eigenvalue weighted by molar-refractivity contribution is 6.36. The van der Waals surface area contributed by atoms with E-state index in [-0.39, 0.29) is 5.97 Å². The van der Waals surface area contributed by atoms with Gasteiger partial charge in [-0.2, -0.15) is 0 Å². The fourth-order valence-corrected chi connectivity index (χ4v) is 3.08. The zero-order valence-corrected chi connectivity index (χ0v) is 13.2. The van der Waals surface area contributed by atoms with Gasteiger partial charge in [0.25, 0.3) is 0 Å². The first-order valence-corrected chi connectivity index (χ1v) is 7.71. The van der Waals surface area contributed by atoms with E-state index < -0.39 is 0 Å². The van der Waals surface area contributed by atoms with Crippen molar-refractivity contribution in [1.82, 2.24) is 0 Å². The number of quaternary nitrogens is 1. The average Bonchev–Trinajstić information content (AvgIpc) is 2.39. The van der Waals surface area contributed by atoms with Crippen LogP contribution in [0.5, 0.6) is 0 Å². The van der Waals surface area contributed by atoms with Gasteiger partial charge < -0.3 is 9.22 Å². The summed E-state index contributed by atoms with van der Waals surface area (Å²) in [6.45, 7) is 3.61. The van der Waals surface area contributed by atoms with Crippen molar-refractivity contribution in [3.63, 3.8) is 0 Å². The Hall–Kier alpha value is -0.770. The molecule has 1 aliphatic rings. The molecule has 0 spiro atoms. The number of carbonyl (C=O) groups is 1. The fraction of sp³-hybridized carbons (Fsp3) is 0.533. The van der Waals surface area contributed by atoms with Crippen LogP contribution < -0.4 is 0 Å². The number of likely N-dealkylation sites (N-methyl/N-ethyl adjacent to an activating group) is 1. The van der Waals surface area contributed by atoms with Crippen LogP contribution in [0.4, 0.5) is 0 Å². The van der Waals surface area contributed by atoms with Gasteiger partial charge in [-0.1, -0.05) is 23.2 Å². The second kappa shape index (κ2) is 6.79. The van der Waals surface area contributed by atoms with Gasteiger partial charge in [0.2, 0.25) is 0 Å². The molecule has 0 atom stereocenters. The van der Waals surface area contributed by atoms with Gasteiger partial charge in [-0.05, 0) is 37.5 Å². The van der Waals surface area contributed by atoms with Crippen LogP contribution in [0.1, 0.15) is 29.6 Å². The number of benzene rings is 1. The van der Waals surface area contributed by atoms with Gasteiger partial charge in [0.1, 0.15) is 13.2 Å². The number of hydrogen-bond donors (Lipinski definition) is 0. The maximum atomic E-state index is 12.0. The van der Waals surface area contributed by atoms with Gasteiger partial charge in [0.05, 0.1) is 30.7 Å². The molecule has 1 saturated heterocycles. The lowest BCUT2D eigenvalue weighted by Gasteiger charge is -2.37. The highest BCUT2D eigenvalue weighted by Crippen LogP contribution is 2.22. The molecule has 1 aliphatic heterocycles. The first-order chi connectivity index (χ1) is 9.50. The molecule has 0 unspecified atom stereocenters. The molecule has 0 aliphatic carbocycles. The van der Waals surface area contributed by atoms with Gasteiger partial charge in [-0.15, -0.1) is 0 Å². The summed E-state index contributed by atoms with van der Waals surface area (Å²) in [4.78, 5) is 12.0. The van der Waals surface area contributed by atoms with Gasteiger partial charge >= 0.3 is 5.97 Å². The highest BCUT2D eigenvalue weighted by atomic mass is 35.5. The molecule has 0 N–H and O–H groups in total. The molecule has 1 aromatic carbocycles. The Morgan fingerprint density at radius 2 is 1.95 bits per heavy atom. The van der Waals surface area contributed by atoms with Crippen molar-refractivity contribution < 1.29 is 14.0 Å². The Balaban J connectivity index is 1.86. The van der Waals surface area contributed by atoms with Crippen molar-refractivity contribution >= 4 is 29.2 Å². The van der Waals surface area contributed by atoms with Crippen LogP contribution in [0.15, 0.2) is 18.2 Å². The van der Waals surface area contributed by atoms with Crippen LogP contribution in [-0.2, 0) is 4.74 Å². The molecule has 0 amide bonds.